The van der Waals surface area contributed by atoms with E-state index >= 15 is 0 Å². The highest BCUT2D eigenvalue weighted by molar-refractivity contribution is 6.03. The molecule has 2 aliphatic rings. The van der Waals surface area contributed by atoms with Crippen LogP contribution < -0.4 is 9.64 Å². The molecule has 20 heavy (non-hydrogen) atoms. The molecule has 1 aliphatic carbocycles. The average Bonchev–Trinajstić information content (AvgIpc) is 3.24. The molecule has 1 heterocycles. The predicted molar refractivity (Wildman–Crippen MR) is 73.4 cm³/mol. The van der Waals surface area contributed by atoms with Crippen LogP contribution in [-0.2, 0) is 11.2 Å². The molecule has 1 N–H and O–H groups in total. The van der Waals surface area contributed by atoms with E-state index in [9.17, 15) is 14.7 Å². The van der Waals surface area contributed by atoms with Gasteiger partial charge in [0.15, 0.2) is 12.4 Å². The Hall–Kier alpha value is -2.04. The topological polar surface area (TPSA) is 66.8 Å². The molecule has 1 saturated carbocycles. The molecule has 0 saturated heterocycles. The van der Waals surface area contributed by atoms with Crippen LogP contribution in [0, 0.1) is 5.92 Å². The zero-order valence-corrected chi connectivity index (χ0v) is 11.4. The molecule has 3 rings (SSSR count). The highest BCUT2D eigenvalue weighted by atomic mass is 16.5. The summed E-state index contributed by atoms with van der Waals surface area (Å²) >= 11 is 0. The van der Waals surface area contributed by atoms with Crippen molar-refractivity contribution in [3.05, 3.63) is 23.3 Å². The summed E-state index contributed by atoms with van der Waals surface area (Å²) in [6, 6.07) is 3.34. The Morgan fingerprint density at radius 1 is 1.45 bits per heavy atom. The van der Waals surface area contributed by atoms with E-state index in [1.165, 1.54) is 0 Å². The molecule has 1 aromatic carbocycles. The number of hydrogen-bond acceptors (Lipinski definition) is 3. The maximum atomic E-state index is 12.1. The molecule has 0 atom stereocenters. The fourth-order valence-corrected chi connectivity index (χ4v) is 2.60. The lowest BCUT2D eigenvalue weighted by molar-refractivity contribution is -0.121. The Morgan fingerprint density at radius 3 is 2.80 bits per heavy atom. The van der Waals surface area contributed by atoms with Crippen LogP contribution in [0.5, 0.6) is 5.75 Å². The molecule has 0 unspecified atom stereocenters. The SMILES string of the molecule is CCc1ccc(C(=O)O)c2c1N(CC1CC1)C(=O)CO2. The first-order chi connectivity index (χ1) is 9.61. The quantitative estimate of drug-likeness (QED) is 0.913. The highest BCUT2D eigenvalue weighted by Crippen LogP contribution is 2.41. The molecular weight excluding hydrogens is 258 g/mol. The number of amides is 1. The number of benzene rings is 1. The molecule has 0 spiro atoms. The predicted octanol–water partition coefficient (Wildman–Crippen LogP) is 2.08. The fraction of sp³-hybridized carbons (Fsp3) is 0.467. The first kappa shape index (κ1) is 13.0. The second-order valence-corrected chi connectivity index (χ2v) is 5.35. The molecule has 106 valence electrons. The summed E-state index contributed by atoms with van der Waals surface area (Å²) < 4.78 is 5.43. The van der Waals surface area contributed by atoms with Crippen molar-refractivity contribution in [2.45, 2.75) is 26.2 Å². The molecule has 1 fully saturated rings. The van der Waals surface area contributed by atoms with Crippen molar-refractivity contribution in [3.63, 3.8) is 0 Å². The second-order valence-electron chi connectivity index (χ2n) is 5.35. The van der Waals surface area contributed by atoms with Crippen molar-refractivity contribution < 1.29 is 19.4 Å². The van der Waals surface area contributed by atoms with E-state index in [1.807, 2.05) is 6.92 Å². The zero-order valence-electron chi connectivity index (χ0n) is 11.4. The molecule has 0 radical (unpaired) electrons. The average molecular weight is 275 g/mol. The summed E-state index contributed by atoms with van der Waals surface area (Å²) in [5.74, 6) is -0.216. The van der Waals surface area contributed by atoms with Gasteiger partial charge in [-0.25, -0.2) is 4.79 Å². The standard InChI is InChI=1S/C15H17NO4/c1-2-10-5-6-11(15(18)19)14-13(10)16(7-9-3-4-9)12(17)8-20-14/h5-6,9H,2-4,7-8H2,1H3,(H,18,19). The van der Waals surface area contributed by atoms with Crippen molar-refractivity contribution in [1.82, 2.24) is 0 Å². The summed E-state index contributed by atoms with van der Waals surface area (Å²) in [6.45, 7) is 2.59. The van der Waals surface area contributed by atoms with Gasteiger partial charge in [-0.05, 0) is 36.8 Å². The Balaban J connectivity index is 2.11. The molecule has 1 aromatic rings. The van der Waals surface area contributed by atoms with E-state index in [0.717, 1.165) is 24.8 Å². The van der Waals surface area contributed by atoms with Crippen LogP contribution in [0.25, 0.3) is 0 Å². The number of fused-ring (bicyclic) bond motifs is 1. The van der Waals surface area contributed by atoms with Gasteiger partial charge in [-0.1, -0.05) is 13.0 Å². The number of aromatic carboxylic acids is 1. The van der Waals surface area contributed by atoms with E-state index < -0.39 is 5.97 Å². The van der Waals surface area contributed by atoms with Crippen LogP contribution in [0.4, 0.5) is 5.69 Å². The minimum atomic E-state index is -1.02. The molecular formula is C15H17NO4. The number of rotatable bonds is 4. The third kappa shape index (κ3) is 2.13. The Morgan fingerprint density at radius 2 is 2.20 bits per heavy atom. The Bertz CT molecular complexity index is 577. The number of carboxylic acids is 1. The van der Waals surface area contributed by atoms with Crippen LogP contribution in [0.15, 0.2) is 12.1 Å². The summed E-state index contributed by atoms with van der Waals surface area (Å²) in [5.41, 5.74) is 1.75. The first-order valence-electron chi connectivity index (χ1n) is 6.94. The summed E-state index contributed by atoms with van der Waals surface area (Å²) in [7, 11) is 0. The van der Waals surface area contributed by atoms with Crippen molar-refractivity contribution in [1.29, 1.82) is 0 Å². The lowest BCUT2D eigenvalue weighted by Crippen LogP contribution is -2.41. The molecule has 0 aromatic heterocycles. The Kier molecular flexibility index (Phi) is 3.12. The number of hydrogen-bond donors (Lipinski definition) is 1. The molecule has 5 nitrogen and oxygen atoms in total. The zero-order chi connectivity index (χ0) is 14.3. The van der Waals surface area contributed by atoms with Gasteiger partial charge in [-0.3, -0.25) is 4.79 Å². The van der Waals surface area contributed by atoms with Crippen molar-refractivity contribution in [2.75, 3.05) is 18.1 Å². The maximum Gasteiger partial charge on any atom is 0.339 e. The van der Waals surface area contributed by atoms with Crippen LogP contribution in [-0.4, -0.2) is 30.1 Å². The highest BCUT2D eigenvalue weighted by Gasteiger charge is 2.35. The van der Waals surface area contributed by atoms with Crippen molar-refractivity contribution >= 4 is 17.6 Å². The van der Waals surface area contributed by atoms with E-state index in [-0.39, 0.29) is 18.1 Å². The van der Waals surface area contributed by atoms with Gasteiger partial charge in [0, 0.05) is 6.54 Å². The van der Waals surface area contributed by atoms with Crippen molar-refractivity contribution in [2.24, 2.45) is 5.92 Å². The van der Waals surface area contributed by atoms with Gasteiger partial charge in [-0.2, -0.15) is 0 Å². The van der Waals surface area contributed by atoms with Crippen molar-refractivity contribution in [3.8, 4) is 5.75 Å². The molecule has 1 aliphatic heterocycles. The minimum Gasteiger partial charge on any atom is -0.481 e. The van der Waals surface area contributed by atoms with Gasteiger partial charge in [0.2, 0.25) is 0 Å². The molecule has 1 amide bonds. The number of carbonyl (C=O) groups is 2. The largest absolute Gasteiger partial charge is 0.481 e. The van der Waals surface area contributed by atoms with E-state index in [4.69, 9.17) is 4.74 Å². The van der Waals surface area contributed by atoms with Gasteiger partial charge in [-0.15, -0.1) is 0 Å². The number of carbonyl (C=O) groups excluding carboxylic acids is 1. The summed E-state index contributed by atoms with van der Waals surface area (Å²) in [5, 5.41) is 9.27. The van der Waals surface area contributed by atoms with E-state index in [0.29, 0.717) is 23.9 Å². The number of nitrogens with zero attached hydrogens (tertiary/aromatic N) is 1. The van der Waals surface area contributed by atoms with Gasteiger partial charge in [0.25, 0.3) is 5.91 Å². The van der Waals surface area contributed by atoms with Crippen LogP contribution in [0.2, 0.25) is 0 Å². The van der Waals surface area contributed by atoms with Gasteiger partial charge >= 0.3 is 5.97 Å². The molecule has 5 heteroatoms. The Labute approximate surface area is 117 Å². The van der Waals surface area contributed by atoms with Crippen LogP contribution >= 0.6 is 0 Å². The fourth-order valence-electron chi connectivity index (χ4n) is 2.60. The van der Waals surface area contributed by atoms with Crippen LogP contribution in [0.3, 0.4) is 0 Å². The number of aryl methyl sites for hydroxylation is 1. The van der Waals surface area contributed by atoms with E-state index in [2.05, 4.69) is 0 Å². The van der Waals surface area contributed by atoms with E-state index in [1.54, 1.807) is 17.0 Å². The van der Waals surface area contributed by atoms with Gasteiger partial charge in [0.1, 0.15) is 5.56 Å². The van der Waals surface area contributed by atoms with Crippen LogP contribution in [0.1, 0.15) is 35.7 Å². The first-order valence-corrected chi connectivity index (χ1v) is 6.94. The lowest BCUT2D eigenvalue weighted by Gasteiger charge is -2.32. The van der Waals surface area contributed by atoms with Gasteiger partial charge in [0.05, 0.1) is 5.69 Å². The molecule has 0 bridgehead atoms. The monoisotopic (exact) mass is 275 g/mol. The van der Waals surface area contributed by atoms with Gasteiger partial charge < -0.3 is 14.7 Å². The normalized spacial score (nSPS) is 17.6. The third-order valence-electron chi connectivity index (χ3n) is 3.88. The third-order valence-corrected chi connectivity index (χ3v) is 3.88. The summed E-state index contributed by atoms with van der Waals surface area (Å²) in [6.07, 6.45) is 3.01. The minimum absolute atomic E-state index is 0.0762. The second kappa shape index (κ2) is 4.81. The summed E-state index contributed by atoms with van der Waals surface area (Å²) in [4.78, 5) is 25.2. The maximum absolute atomic E-state index is 12.1. The number of ether oxygens (including phenoxy) is 1. The number of anilines is 1. The smallest absolute Gasteiger partial charge is 0.339 e. The number of carboxylic acid groups (broad SMARTS) is 1. The lowest BCUT2D eigenvalue weighted by atomic mass is 10.0.